The fourth-order valence-corrected chi connectivity index (χ4v) is 1.40. The van der Waals surface area contributed by atoms with E-state index in [1.165, 1.54) is 7.11 Å². The van der Waals surface area contributed by atoms with Gasteiger partial charge in [0, 0.05) is 6.07 Å². The summed E-state index contributed by atoms with van der Waals surface area (Å²) in [6.45, 7) is 0. The van der Waals surface area contributed by atoms with Crippen LogP contribution in [-0.4, -0.2) is 21.5 Å². The van der Waals surface area contributed by atoms with Crippen molar-refractivity contribution in [3.63, 3.8) is 0 Å². The molecule has 0 atom stereocenters. The van der Waals surface area contributed by atoms with Crippen molar-refractivity contribution in [1.29, 1.82) is 0 Å². The van der Waals surface area contributed by atoms with Gasteiger partial charge in [-0.15, -0.1) is 0 Å². The van der Waals surface area contributed by atoms with Crippen molar-refractivity contribution in [2.75, 3.05) is 7.11 Å². The van der Waals surface area contributed by atoms with E-state index in [0.29, 0.717) is 22.0 Å². The van der Waals surface area contributed by atoms with Crippen LogP contribution in [0.15, 0.2) is 12.3 Å². The number of ether oxygens (including phenoxy) is 1. The molecule has 0 aliphatic rings. The van der Waals surface area contributed by atoms with E-state index in [1.807, 2.05) is 0 Å². The fourth-order valence-electron chi connectivity index (χ4n) is 1.05. The summed E-state index contributed by atoms with van der Waals surface area (Å²) >= 11 is 11.4. The molecule has 68 valence electrons. The first-order valence-electron chi connectivity index (χ1n) is 3.46. The number of rotatable bonds is 1. The molecule has 2 aromatic rings. The quantitative estimate of drug-likeness (QED) is 0.687. The molecule has 4 nitrogen and oxygen atoms in total. The van der Waals surface area contributed by atoms with Crippen LogP contribution in [0.25, 0.3) is 5.65 Å². The molecule has 0 N–H and O–H groups in total. The average molecular weight is 218 g/mol. The van der Waals surface area contributed by atoms with Crippen molar-refractivity contribution >= 4 is 28.8 Å². The van der Waals surface area contributed by atoms with Gasteiger partial charge in [0.25, 0.3) is 0 Å². The second kappa shape index (κ2) is 3.05. The number of nitrogens with zero attached hydrogens (tertiary/aromatic N) is 3. The van der Waals surface area contributed by atoms with E-state index in [-0.39, 0.29) is 0 Å². The fraction of sp³-hybridized carbons (Fsp3) is 0.143. The highest BCUT2D eigenvalue weighted by molar-refractivity contribution is 6.30. The van der Waals surface area contributed by atoms with E-state index in [9.17, 15) is 0 Å². The van der Waals surface area contributed by atoms with Gasteiger partial charge in [-0.3, -0.25) is 4.40 Å². The average Bonchev–Trinajstić information content (AvgIpc) is 2.43. The minimum Gasteiger partial charge on any atom is -0.468 e. The van der Waals surface area contributed by atoms with Crippen LogP contribution in [0.1, 0.15) is 0 Å². The Morgan fingerprint density at radius 3 is 2.77 bits per heavy atom. The molecule has 0 aliphatic carbocycles. The van der Waals surface area contributed by atoms with Crippen molar-refractivity contribution in [1.82, 2.24) is 14.4 Å². The molecule has 0 spiro atoms. The predicted molar refractivity (Wildman–Crippen MR) is 49.6 cm³/mol. The second-order valence-corrected chi connectivity index (χ2v) is 3.13. The van der Waals surface area contributed by atoms with Gasteiger partial charge < -0.3 is 4.74 Å². The first-order valence-corrected chi connectivity index (χ1v) is 4.21. The van der Waals surface area contributed by atoms with Crippen LogP contribution < -0.4 is 4.74 Å². The third kappa shape index (κ3) is 1.43. The molecule has 6 heteroatoms. The maximum atomic E-state index is 5.72. The highest BCUT2D eigenvalue weighted by Gasteiger charge is 2.07. The van der Waals surface area contributed by atoms with Crippen LogP contribution in [0, 0.1) is 0 Å². The largest absolute Gasteiger partial charge is 0.468 e. The Hall–Kier alpha value is -1.00. The Labute approximate surface area is 84.1 Å². The summed E-state index contributed by atoms with van der Waals surface area (Å²) in [5.41, 5.74) is 0.613. The monoisotopic (exact) mass is 217 g/mol. The van der Waals surface area contributed by atoms with Gasteiger partial charge in [-0.2, -0.15) is 4.98 Å². The number of halogens is 2. The molecule has 0 radical (unpaired) electrons. The summed E-state index contributed by atoms with van der Waals surface area (Å²) in [4.78, 5) is 7.95. The van der Waals surface area contributed by atoms with Crippen molar-refractivity contribution in [2.24, 2.45) is 0 Å². The van der Waals surface area contributed by atoms with Crippen molar-refractivity contribution < 1.29 is 4.74 Å². The molecular weight excluding hydrogens is 213 g/mol. The van der Waals surface area contributed by atoms with Crippen molar-refractivity contribution in [3.05, 3.63) is 22.6 Å². The SMILES string of the molecule is COc1nc(Cl)cc2nc(Cl)cn12. The minimum atomic E-state index is 0.326. The van der Waals surface area contributed by atoms with Crippen LogP contribution >= 0.6 is 23.2 Å². The molecule has 0 aliphatic heterocycles. The lowest BCUT2D eigenvalue weighted by molar-refractivity contribution is 0.374. The van der Waals surface area contributed by atoms with Crippen LogP contribution in [0.2, 0.25) is 10.3 Å². The minimum absolute atomic E-state index is 0.326. The molecule has 2 rings (SSSR count). The molecule has 13 heavy (non-hydrogen) atoms. The van der Waals surface area contributed by atoms with Gasteiger partial charge in [0.15, 0.2) is 0 Å². The number of methoxy groups -OCH3 is 1. The number of fused-ring (bicyclic) bond motifs is 1. The van der Waals surface area contributed by atoms with Crippen molar-refractivity contribution in [3.8, 4) is 6.01 Å². The van der Waals surface area contributed by atoms with Crippen molar-refractivity contribution in [2.45, 2.75) is 0 Å². The van der Waals surface area contributed by atoms with E-state index in [0.717, 1.165) is 0 Å². The topological polar surface area (TPSA) is 39.4 Å². The Balaban J connectivity index is 2.80. The number of hydrogen-bond donors (Lipinski definition) is 0. The zero-order valence-corrected chi connectivity index (χ0v) is 8.17. The summed E-state index contributed by atoms with van der Waals surface area (Å²) in [5, 5.41) is 0.703. The zero-order chi connectivity index (χ0) is 9.42. The Morgan fingerprint density at radius 2 is 2.08 bits per heavy atom. The predicted octanol–water partition coefficient (Wildman–Crippen LogP) is 2.04. The molecule has 0 aromatic carbocycles. The van der Waals surface area contributed by atoms with Crippen LogP contribution in [0.5, 0.6) is 6.01 Å². The first kappa shape index (κ1) is 8.59. The Morgan fingerprint density at radius 1 is 1.31 bits per heavy atom. The molecule has 0 bridgehead atoms. The molecule has 0 unspecified atom stereocenters. The van der Waals surface area contributed by atoms with E-state index >= 15 is 0 Å². The molecule has 2 heterocycles. The first-order chi connectivity index (χ1) is 6.20. The second-order valence-electron chi connectivity index (χ2n) is 2.36. The van der Waals surface area contributed by atoms with Gasteiger partial charge in [-0.1, -0.05) is 23.2 Å². The molecule has 0 fully saturated rings. The van der Waals surface area contributed by atoms with E-state index < -0.39 is 0 Å². The molecule has 0 saturated carbocycles. The van der Waals surface area contributed by atoms with Gasteiger partial charge in [0.05, 0.1) is 13.3 Å². The number of aromatic nitrogens is 3. The van der Waals surface area contributed by atoms with E-state index in [1.54, 1.807) is 16.7 Å². The number of imidazole rings is 1. The molecule has 0 amide bonds. The highest BCUT2D eigenvalue weighted by atomic mass is 35.5. The van der Waals surface area contributed by atoms with Gasteiger partial charge in [0.1, 0.15) is 16.0 Å². The molecule has 2 aromatic heterocycles. The van der Waals surface area contributed by atoms with E-state index in [4.69, 9.17) is 27.9 Å². The Bertz CT molecular complexity index is 454. The summed E-state index contributed by atoms with van der Waals surface area (Å²) < 4.78 is 6.61. The normalized spacial score (nSPS) is 10.7. The summed E-state index contributed by atoms with van der Waals surface area (Å²) in [6, 6.07) is 1.97. The van der Waals surface area contributed by atoms with Gasteiger partial charge in [0.2, 0.25) is 0 Å². The Kier molecular flexibility index (Phi) is 2.01. The van der Waals surface area contributed by atoms with Crippen LogP contribution in [-0.2, 0) is 0 Å². The lowest BCUT2D eigenvalue weighted by atomic mass is 10.6. The van der Waals surface area contributed by atoms with Crippen LogP contribution in [0.4, 0.5) is 0 Å². The van der Waals surface area contributed by atoms with Gasteiger partial charge >= 0.3 is 6.01 Å². The number of hydrogen-bond acceptors (Lipinski definition) is 3. The third-order valence-corrected chi connectivity index (χ3v) is 1.92. The zero-order valence-electron chi connectivity index (χ0n) is 6.66. The van der Waals surface area contributed by atoms with Gasteiger partial charge in [-0.25, -0.2) is 4.98 Å². The smallest absolute Gasteiger partial charge is 0.303 e. The van der Waals surface area contributed by atoms with Gasteiger partial charge in [-0.05, 0) is 0 Å². The highest BCUT2D eigenvalue weighted by Crippen LogP contribution is 2.19. The third-order valence-electron chi connectivity index (χ3n) is 1.54. The summed E-state index contributed by atoms with van der Waals surface area (Å²) in [5.74, 6) is 0. The summed E-state index contributed by atoms with van der Waals surface area (Å²) in [6.07, 6.45) is 1.61. The maximum absolute atomic E-state index is 5.72. The summed E-state index contributed by atoms with van der Waals surface area (Å²) in [7, 11) is 1.51. The lowest BCUT2D eigenvalue weighted by Crippen LogP contribution is -1.96. The lowest BCUT2D eigenvalue weighted by Gasteiger charge is -2.01. The van der Waals surface area contributed by atoms with E-state index in [2.05, 4.69) is 9.97 Å². The van der Waals surface area contributed by atoms with Crippen LogP contribution in [0.3, 0.4) is 0 Å². The standard InChI is InChI=1S/C7H5Cl2N3O/c1-13-7-11-4(8)2-6-10-5(9)3-12(6)7/h2-3H,1H3. The molecular formula is C7H5Cl2N3O. The maximum Gasteiger partial charge on any atom is 0.303 e. The molecule has 0 saturated heterocycles.